The Kier molecular flexibility index (Phi) is 6.12. The van der Waals surface area contributed by atoms with Gasteiger partial charge in [-0.25, -0.2) is 9.37 Å². The normalized spacial score (nSPS) is 15.1. The van der Waals surface area contributed by atoms with Crippen LogP contribution < -0.4 is 4.90 Å². The third-order valence-electron chi connectivity index (χ3n) is 4.82. The minimum atomic E-state index is -0.569. The predicted molar refractivity (Wildman–Crippen MR) is 108 cm³/mol. The molecule has 0 aliphatic carbocycles. The van der Waals surface area contributed by atoms with E-state index in [1.54, 1.807) is 18.5 Å². The largest absolute Gasteiger partial charge is 0.460 e. The molecule has 3 rings (SSSR count). The number of hydrogen-bond acceptors (Lipinski definition) is 6. The summed E-state index contributed by atoms with van der Waals surface area (Å²) < 4.78 is 19.3. The van der Waals surface area contributed by atoms with Gasteiger partial charge in [-0.2, -0.15) is 5.26 Å². The average Bonchev–Trinajstić information content (AvgIpc) is 2.67. The van der Waals surface area contributed by atoms with Crippen molar-refractivity contribution in [2.24, 2.45) is 5.92 Å². The zero-order chi connectivity index (χ0) is 21.0. The Labute approximate surface area is 170 Å². The van der Waals surface area contributed by atoms with E-state index >= 15 is 0 Å². The number of hydrogen-bond donors (Lipinski definition) is 0. The molecule has 1 saturated heterocycles. The van der Waals surface area contributed by atoms with Crippen molar-refractivity contribution in [3.05, 3.63) is 42.0 Å². The number of benzene rings is 1. The molecule has 0 saturated carbocycles. The van der Waals surface area contributed by atoms with Crippen molar-refractivity contribution in [3.8, 4) is 17.3 Å². The number of aromatic nitrogens is 2. The molecule has 1 aromatic carbocycles. The van der Waals surface area contributed by atoms with Crippen LogP contribution in [-0.2, 0) is 9.53 Å². The second-order valence-electron chi connectivity index (χ2n) is 8.29. The summed E-state index contributed by atoms with van der Waals surface area (Å²) in [6.45, 7) is 7.16. The van der Waals surface area contributed by atoms with Gasteiger partial charge in [-0.15, -0.1) is 0 Å². The molecule has 0 spiro atoms. The van der Waals surface area contributed by atoms with E-state index in [-0.39, 0.29) is 11.5 Å². The molecule has 6 nitrogen and oxygen atoms in total. The van der Waals surface area contributed by atoms with Gasteiger partial charge in [-0.1, -0.05) is 6.07 Å². The molecular formula is C22H25FN4O2. The average molecular weight is 396 g/mol. The number of esters is 1. The van der Waals surface area contributed by atoms with E-state index in [9.17, 15) is 9.18 Å². The van der Waals surface area contributed by atoms with Crippen LogP contribution in [0.5, 0.6) is 0 Å². The van der Waals surface area contributed by atoms with Crippen molar-refractivity contribution in [2.75, 3.05) is 18.0 Å². The first-order valence-electron chi connectivity index (χ1n) is 9.74. The number of carbonyl (C=O) groups excluding carboxylic acids is 1. The quantitative estimate of drug-likeness (QED) is 0.724. The summed E-state index contributed by atoms with van der Waals surface area (Å²) in [6.07, 6.45) is 5.45. The second-order valence-corrected chi connectivity index (χ2v) is 8.29. The van der Waals surface area contributed by atoms with Crippen molar-refractivity contribution in [2.45, 2.75) is 45.6 Å². The van der Waals surface area contributed by atoms with Crippen molar-refractivity contribution >= 4 is 11.8 Å². The number of nitriles is 1. The summed E-state index contributed by atoms with van der Waals surface area (Å²) in [4.78, 5) is 23.0. The number of anilines is 1. The maximum Gasteiger partial charge on any atom is 0.306 e. The molecule has 2 heterocycles. The Balaban J connectivity index is 1.63. The lowest BCUT2D eigenvalue weighted by Crippen LogP contribution is -2.35. The molecule has 1 aliphatic rings. The van der Waals surface area contributed by atoms with E-state index in [2.05, 4.69) is 14.9 Å². The van der Waals surface area contributed by atoms with Crippen molar-refractivity contribution in [1.82, 2.24) is 9.97 Å². The number of halogens is 1. The van der Waals surface area contributed by atoms with Gasteiger partial charge in [0, 0.05) is 25.1 Å². The molecule has 0 N–H and O–H groups in total. The highest BCUT2D eigenvalue weighted by atomic mass is 19.1. The lowest BCUT2D eigenvalue weighted by Gasteiger charge is -2.32. The van der Waals surface area contributed by atoms with Crippen LogP contribution in [0.1, 0.15) is 45.6 Å². The molecule has 0 amide bonds. The van der Waals surface area contributed by atoms with Crippen LogP contribution in [0.4, 0.5) is 10.2 Å². The summed E-state index contributed by atoms with van der Waals surface area (Å²) >= 11 is 0. The molecule has 0 unspecified atom stereocenters. The second kappa shape index (κ2) is 8.56. The molecule has 0 atom stereocenters. The van der Waals surface area contributed by atoms with Crippen LogP contribution in [0.15, 0.2) is 30.6 Å². The Hall–Kier alpha value is -3.01. The zero-order valence-electron chi connectivity index (χ0n) is 17.0. The summed E-state index contributed by atoms with van der Waals surface area (Å²) in [5, 5.41) is 8.87. The highest BCUT2D eigenvalue weighted by Crippen LogP contribution is 2.27. The number of rotatable bonds is 4. The minimum Gasteiger partial charge on any atom is -0.460 e. The van der Waals surface area contributed by atoms with Gasteiger partial charge < -0.3 is 9.64 Å². The maximum absolute atomic E-state index is 13.9. The van der Waals surface area contributed by atoms with E-state index in [1.165, 1.54) is 12.1 Å². The highest BCUT2D eigenvalue weighted by molar-refractivity contribution is 5.70. The molecule has 2 aromatic rings. The van der Waals surface area contributed by atoms with Gasteiger partial charge in [0.25, 0.3) is 0 Å². The predicted octanol–water partition coefficient (Wildman–Crippen LogP) is 4.10. The van der Waals surface area contributed by atoms with Crippen LogP contribution in [0.2, 0.25) is 0 Å². The van der Waals surface area contributed by atoms with Gasteiger partial charge in [-0.05, 0) is 51.7 Å². The number of ether oxygens (including phenoxy) is 1. The first kappa shape index (κ1) is 20.7. The number of nitrogens with zero attached hydrogens (tertiary/aromatic N) is 4. The molecule has 1 fully saturated rings. The fourth-order valence-electron chi connectivity index (χ4n) is 3.40. The van der Waals surface area contributed by atoms with Crippen LogP contribution in [0, 0.1) is 23.1 Å². The lowest BCUT2D eigenvalue weighted by molar-refractivity contribution is -0.156. The molecule has 0 bridgehead atoms. The lowest BCUT2D eigenvalue weighted by atomic mass is 9.93. The molecule has 1 aromatic heterocycles. The molecular weight excluding hydrogens is 371 g/mol. The minimum absolute atomic E-state index is 0.00456. The van der Waals surface area contributed by atoms with Crippen LogP contribution in [0.25, 0.3) is 11.3 Å². The highest BCUT2D eigenvalue weighted by Gasteiger charge is 2.25. The van der Waals surface area contributed by atoms with Crippen LogP contribution in [-0.4, -0.2) is 34.6 Å². The van der Waals surface area contributed by atoms with E-state index in [0.29, 0.717) is 23.6 Å². The van der Waals surface area contributed by atoms with E-state index in [0.717, 1.165) is 31.7 Å². The summed E-state index contributed by atoms with van der Waals surface area (Å²) in [7, 11) is 0. The van der Waals surface area contributed by atoms with E-state index in [1.807, 2.05) is 26.8 Å². The van der Waals surface area contributed by atoms with Gasteiger partial charge in [0.1, 0.15) is 23.3 Å². The van der Waals surface area contributed by atoms with Crippen molar-refractivity contribution < 1.29 is 13.9 Å². The van der Waals surface area contributed by atoms with E-state index < -0.39 is 11.4 Å². The first-order valence-corrected chi connectivity index (χ1v) is 9.74. The van der Waals surface area contributed by atoms with Gasteiger partial charge in [0.2, 0.25) is 0 Å². The van der Waals surface area contributed by atoms with Gasteiger partial charge >= 0.3 is 5.97 Å². The fourth-order valence-corrected chi connectivity index (χ4v) is 3.40. The standard InChI is InChI=1S/C22H25FN4O2/c1-22(2,3)29-21(28)10-15-6-8-27(9-7-15)20-14-25-13-19(26-20)16-4-5-17(12-24)18(23)11-16/h4-5,11,13-15H,6-10H2,1-3H3. The molecule has 0 radical (unpaired) electrons. The Morgan fingerprint density at radius 3 is 2.66 bits per heavy atom. The Bertz CT molecular complexity index is 925. The fraction of sp³-hybridized carbons (Fsp3) is 0.455. The van der Waals surface area contributed by atoms with Crippen molar-refractivity contribution in [3.63, 3.8) is 0 Å². The topological polar surface area (TPSA) is 79.1 Å². The number of piperidine rings is 1. The summed E-state index contributed by atoms with van der Waals surface area (Å²) in [5.74, 6) is 0.300. The van der Waals surface area contributed by atoms with Crippen molar-refractivity contribution in [1.29, 1.82) is 5.26 Å². The SMILES string of the molecule is CC(C)(C)OC(=O)CC1CCN(c2cncc(-c3ccc(C#N)c(F)c3)n2)CC1. The monoisotopic (exact) mass is 396 g/mol. The number of carbonyl (C=O) groups is 1. The molecule has 152 valence electrons. The first-order chi connectivity index (χ1) is 13.7. The summed E-state index contributed by atoms with van der Waals surface area (Å²) in [5.41, 5.74) is 0.681. The van der Waals surface area contributed by atoms with Gasteiger partial charge in [0.05, 0.1) is 23.7 Å². The Morgan fingerprint density at radius 1 is 1.31 bits per heavy atom. The molecule has 29 heavy (non-hydrogen) atoms. The van der Waals surface area contributed by atoms with Gasteiger partial charge in [0.15, 0.2) is 0 Å². The van der Waals surface area contributed by atoms with E-state index in [4.69, 9.17) is 10.00 Å². The van der Waals surface area contributed by atoms with Crippen LogP contribution >= 0.6 is 0 Å². The third kappa shape index (κ3) is 5.50. The molecule has 1 aliphatic heterocycles. The van der Waals surface area contributed by atoms with Crippen LogP contribution in [0.3, 0.4) is 0 Å². The summed E-state index contributed by atoms with van der Waals surface area (Å²) in [6, 6.07) is 6.23. The maximum atomic E-state index is 13.9. The zero-order valence-corrected chi connectivity index (χ0v) is 17.0. The smallest absolute Gasteiger partial charge is 0.306 e. The van der Waals surface area contributed by atoms with Gasteiger partial charge in [-0.3, -0.25) is 9.78 Å². The molecule has 7 heteroatoms. The Morgan fingerprint density at radius 2 is 2.03 bits per heavy atom. The third-order valence-corrected chi connectivity index (χ3v) is 4.82.